The smallest absolute Gasteiger partial charge is 0.0366 e. The van der Waals surface area contributed by atoms with Gasteiger partial charge in [-0.05, 0) is 49.9 Å². The Bertz CT molecular complexity index is 387. The first-order valence-corrected chi connectivity index (χ1v) is 7.72. The van der Waals surface area contributed by atoms with Gasteiger partial charge in [-0.15, -0.1) is 0 Å². The van der Waals surface area contributed by atoms with E-state index in [2.05, 4.69) is 55.4 Å². The van der Waals surface area contributed by atoms with E-state index in [0.29, 0.717) is 6.04 Å². The molecule has 1 saturated carbocycles. The molecule has 2 heteroatoms. The zero-order valence-corrected chi connectivity index (χ0v) is 12.7. The summed E-state index contributed by atoms with van der Waals surface area (Å²) in [5.41, 5.74) is 2.69. The van der Waals surface area contributed by atoms with E-state index >= 15 is 0 Å². The van der Waals surface area contributed by atoms with Gasteiger partial charge in [-0.3, -0.25) is 0 Å². The fraction of sp³-hybridized carbons (Fsp3) is 0.647. The summed E-state index contributed by atoms with van der Waals surface area (Å²) < 4.78 is 0. The Kier molecular flexibility index (Phi) is 5.26. The van der Waals surface area contributed by atoms with E-state index in [1.807, 2.05) is 0 Å². The van der Waals surface area contributed by atoms with Gasteiger partial charge in [0.2, 0.25) is 0 Å². The van der Waals surface area contributed by atoms with Gasteiger partial charge in [-0.2, -0.15) is 0 Å². The highest BCUT2D eigenvalue weighted by Gasteiger charge is 2.25. The molecule has 0 amide bonds. The molecule has 0 saturated heterocycles. The summed E-state index contributed by atoms with van der Waals surface area (Å²) in [6.45, 7) is 6.64. The minimum Gasteiger partial charge on any atom is -0.374 e. The van der Waals surface area contributed by atoms with Crippen molar-refractivity contribution in [3.05, 3.63) is 29.8 Å². The van der Waals surface area contributed by atoms with Crippen LogP contribution in [0, 0.1) is 12.8 Å². The standard InChI is InChI=1S/C17H28N2/c1-4-18-17-11-6-5-9-15(17)13-19(3)16-10-7-8-14(2)12-16/h7-8,10,12,15,17-18H,4-6,9,11,13H2,1-3H3. The molecule has 1 aliphatic rings. The van der Waals surface area contributed by atoms with Crippen LogP contribution in [0.25, 0.3) is 0 Å². The SMILES string of the molecule is CCNC1CCCCC1CN(C)c1cccc(C)c1. The molecule has 2 unspecified atom stereocenters. The Balaban J connectivity index is 1.98. The van der Waals surface area contributed by atoms with Crippen molar-refractivity contribution in [2.24, 2.45) is 5.92 Å². The fourth-order valence-electron chi connectivity index (χ4n) is 3.28. The molecule has 1 aliphatic carbocycles. The average Bonchev–Trinajstić information content (AvgIpc) is 2.41. The summed E-state index contributed by atoms with van der Waals surface area (Å²) >= 11 is 0. The highest BCUT2D eigenvalue weighted by atomic mass is 15.1. The zero-order valence-electron chi connectivity index (χ0n) is 12.7. The van der Waals surface area contributed by atoms with Crippen LogP contribution in [-0.4, -0.2) is 26.2 Å². The lowest BCUT2D eigenvalue weighted by Crippen LogP contribution is -2.43. The third-order valence-corrected chi connectivity index (χ3v) is 4.33. The van der Waals surface area contributed by atoms with Crippen LogP contribution in [-0.2, 0) is 0 Å². The Hall–Kier alpha value is -1.02. The number of hydrogen-bond donors (Lipinski definition) is 1. The lowest BCUT2D eigenvalue weighted by atomic mass is 9.84. The van der Waals surface area contributed by atoms with Gasteiger partial charge in [0.15, 0.2) is 0 Å². The largest absolute Gasteiger partial charge is 0.374 e. The first-order chi connectivity index (χ1) is 9.20. The number of aryl methyl sites for hydroxylation is 1. The van der Waals surface area contributed by atoms with Crippen molar-refractivity contribution in [2.45, 2.75) is 45.6 Å². The predicted molar refractivity (Wildman–Crippen MR) is 83.9 cm³/mol. The van der Waals surface area contributed by atoms with Crippen molar-refractivity contribution in [3.63, 3.8) is 0 Å². The van der Waals surface area contributed by atoms with E-state index < -0.39 is 0 Å². The van der Waals surface area contributed by atoms with Crippen molar-refractivity contribution in [1.29, 1.82) is 0 Å². The van der Waals surface area contributed by atoms with Crippen LogP contribution in [0.3, 0.4) is 0 Å². The van der Waals surface area contributed by atoms with Crippen LogP contribution in [0.1, 0.15) is 38.2 Å². The lowest BCUT2D eigenvalue weighted by molar-refractivity contribution is 0.269. The summed E-state index contributed by atoms with van der Waals surface area (Å²) in [4.78, 5) is 2.42. The summed E-state index contributed by atoms with van der Waals surface area (Å²) in [5.74, 6) is 0.791. The number of nitrogens with one attached hydrogen (secondary N) is 1. The molecule has 1 N–H and O–H groups in total. The molecular weight excluding hydrogens is 232 g/mol. The molecule has 0 bridgehead atoms. The van der Waals surface area contributed by atoms with Gasteiger partial charge in [-0.25, -0.2) is 0 Å². The maximum absolute atomic E-state index is 3.68. The van der Waals surface area contributed by atoms with Gasteiger partial charge in [0, 0.05) is 25.3 Å². The molecule has 106 valence electrons. The summed E-state index contributed by atoms with van der Waals surface area (Å²) in [6, 6.07) is 9.54. The summed E-state index contributed by atoms with van der Waals surface area (Å²) in [7, 11) is 2.23. The molecule has 19 heavy (non-hydrogen) atoms. The monoisotopic (exact) mass is 260 g/mol. The summed E-state index contributed by atoms with van der Waals surface area (Å²) in [5, 5.41) is 3.68. The number of benzene rings is 1. The van der Waals surface area contributed by atoms with E-state index in [-0.39, 0.29) is 0 Å². The third kappa shape index (κ3) is 3.97. The van der Waals surface area contributed by atoms with Crippen molar-refractivity contribution in [2.75, 3.05) is 25.0 Å². The Morgan fingerprint density at radius 2 is 2.05 bits per heavy atom. The van der Waals surface area contributed by atoms with Gasteiger partial charge in [-0.1, -0.05) is 31.9 Å². The van der Waals surface area contributed by atoms with E-state index in [1.54, 1.807) is 0 Å². The molecule has 0 spiro atoms. The molecule has 1 fully saturated rings. The minimum absolute atomic E-state index is 0.714. The molecule has 0 aromatic heterocycles. The molecule has 1 aromatic rings. The van der Waals surface area contributed by atoms with Crippen LogP contribution in [0.5, 0.6) is 0 Å². The van der Waals surface area contributed by atoms with Gasteiger partial charge in [0.1, 0.15) is 0 Å². The molecular formula is C17H28N2. The van der Waals surface area contributed by atoms with Crippen LogP contribution in [0.2, 0.25) is 0 Å². The van der Waals surface area contributed by atoms with E-state index in [4.69, 9.17) is 0 Å². The van der Waals surface area contributed by atoms with Crippen LogP contribution >= 0.6 is 0 Å². The van der Waals surface area contributed by atoms with Crippen molar-refractivity contribution in [3.8, 4) is 0 Å². The van der Waals surface area contributed by atoms with Gasteiger partial charge in [0.05, 0.1) is 0 Å². The molecule has 2 nitrogen and oxygen atoms in total. The molecule has 2 atom stereocenters. The summed E-state index contributed by atoms with van der Waals surface area (Å²) in [6.07, 6.45) is 5.50. The third-order valence-electron chi connectivity index (χ3n) is 4.33. The van der Waals surface area contributed by atoms with Gasteiger partial charge in [0.25, 0.3) is 0 Å². The average molecular weight is 260 g/mol. The number of rotatable bonds is 5. The number of hydrogen-bond acceptors (Lipinski definition) is 2. The van der Waals surface area contributed by atoms with Gasteiger partial charge >= 0.3 is 0 Å². The second kappa shape index (κ2) is 6.95. The maximum Gasteiger partial charge on any atom is 0.0366 e. The molecule has 0 aliphatic heterocycles. The molecule has 1 aromatic carbocycles. The Labute approximate surface area is 118 Å². The lowest BCUT2D eigenvalue weighted by Gasteiger charge is -2.35. The van der Waals surface area contributed by atoms with Crippen LogP contribution in [0.4, 0.5) is 5.69 Å². The molecule has 0 radical (unpaired) electrons. The first-order valence-electron chi connectivity index (χ1n) is 7.72. The Morgan fingerprint density at radius 1 is 1.26 bits per heavy atom. The topological polar surface area (TPSA) is 15.3 Å². The first kappa shape index (κ1) is 14.4. The second-order valence-electron chi connectivity index (χ2n) is 5.93. The van der Waals surface area contributed by atoms with E-state index in [1.165, 1.54) is 43.5 Å². The highest BCUT2D eigenvalue weighted by molar-refractivity contribution is 5.47. The van der Waals surface area contributed by atoms with E-state index in [0.717, 1.165) is 12.5 Å². The van der Waals surface area contributed by atoms with Crippen molar-refractivity contribution in [1.82, 2.24) is 5.32 Å². The molecule has 2 rings (SSSR count). The van der Waals surface area contributed by atoms with Crippen molar-refractivity contribution >= 4 is 5.69 Å². The minimum atomic E-state index is 0.714. The van der Waals surface area contributed by atoms with Crippen LogP contribution < -0.4 is 10.2 Å². The van der Waals surface area contributed by atoms with E-state index in [9.17, 15) is 0 Å². The van der Waals surface area contributed by atoms with Crippen LogP contribution in [0.15, 0.2) is 24.3 Å². The predicted octanol–water partition coefficient (Wildman–Crippen LogP) is 3.60. The number of nitrogens with zero attached hydrogens (tertiary/aromatic N) is 1. The van der Waals surface area contributed by atoms with Crippen molar-refractivity contribution < 1.29 is 0 Å². The quantitative estimate of drug-likeness (QED) is 0.870. The molecule has 0 heterocycles. The maximum atomic E-state index is 3.68. The Morgan fingerprint density at radius 3 is 2.79 bits per heavy atom. The highest BCUT2D eigenvalue weighted by Crippen LogP contribution is 2.26. The second-order valence-corrected chi connectivity index (χ2v) is 5.93. The fourth-order valence-corrected chi connectivity index (χ4v) is 3.28. The van der Waals surface area contributed by atoms with Gasteiger partial charge < -0.3 is 10.2 Å². The normalized spacial score (nSPS) is 23.3. The number of anilines is 1. The zero-order chi connectivity index (χ0) is 13.7.